The van der Waals surface area contributed by atoms with Crippen LogP contribution in [0, 0.1) is 0 Å². The van der Waals surface area contributed by atoms with Gasteiger partial charge in [0.2, 0.25) is 0 Å². The highest BCUT2D eigenvalue weighted by molar-refractivity contribution is 7.85. The molecule has 0 heterocycles. The summed E-state index contributed by atoms with van der Waals surface area (Å²) < 4.78 is 42.6. The van der Waals surface area contributed by atoms with E-state index in [1.54, 1.807) is 0 Å². The summed E-state index contributed by atoms with van der Waals surface area (Å²) in [6.07, 6.45) is 7.43. The molecule has 0 fully saturated rings. The Labute approximate surface area is 174 Å². The highest BCUT2D eigenvalue weighted by Crippen LogP contribution is 2.38. The van der Waals surface area contributed by atoms with Gasteiger partial charge in [-0.1, -0.05) is 75.4 Å². The molecule has 2 aromatic rings. The number of rotatable bonds is 14. The molecule has 0 unspecified atom stereocenters. The second kappa shape index (κ2) is 12.5. The number of ether oxygens (including phenoxy) is 2. The zero-order valence-electron chi connectivity index (χ0n) is 17.2. The van der Waals surface area contributed by atoms with E-state index in [0.717, 1.165) is 29.7 Å². The lowest BCUT2D eigenvalue weighted by Gasteiger charge is -2.16. The van der Waals surface area contributed by atoms with Crippen molar-refractivity contribution in [1.82, 2.24) is 0 Å². The summed E-state index contributed by atoms with van der Waals surface area (Å²) in [6.45, 7) is 3.06. The van der Waals surface area contributed by atoms with Gasteiger partial charge in [-0.05, 0) is 30.5 Å². The van der Waals surface area contributed by atoms with Crippen molar-refractivity contribution in [3.05, 3.63) is 48.5 Å². The molecular formula is C23H32O5S. The average Bonchev–Trinajstić information content (AvgIpc) is 2.70. The zero-order chi connectivity index (χ0) is 21.0. The standard InChI is InChI=1S/C23H32O5S/c1-2-3-4-5-6-10-17-27-21-15-11-16-22(28-18-12-19-29(24,25)26)23(21)20-13-8-7-9-14-20/h7-9,11,13-16H,2-6,10,12,17-19H2,1H3,(H,24,25,26). The molecule has 6 heteroatoms. The Morgan fingerprint density at radius 2 is 1.34 bits per heavy atom. The molecule has 160 valence electrons. The monoisotopic (exact) mass is 420 g/mol. The first-order valence-corrected chi connectivity index (χ1v) is 12.0. The van der Waals surface area contributed by atoms with E-state index in [2.05, 4.69) is 6.92 Å². The second-order valence-corrected chi connectivity index (χ2v) is 8.67. The number of hydrogen-bond donors (Lipinski definition) is 1. The average molecular weight is 421 g/mol. The molecule has 0 aliphatic heterocycles. The smallest absolute Gasteiger partial charge is 0.264 e. The van der Waals surface area contributed by atoms with Crippen LogP contribution in [0.15, 0.2) is 48.5 Å². The quantitative estimate of drug-likeness (QED) is 0.311. The summed E-state index contributed by atoms with van der Waals surface area (Å²) in [4.78, 5) is 0. The van der Waals surface area contributed by atoms with Gasteiger partial charge < -0.3 is 9.47 Å². The molecule has 0 amide bonds. The van der Waals surface area contributed by atoms with Crippen LogP contribution in [0.3, 0.4) is 0 Å². The fourth-order valence-electron chi connectivity index (χ4n) is 3.13. The van der Waals surface area contributed by atoms with Crippen LogP contribution < -0.4 is 9.47 Å². The van der Waals surface area contributed by atoms with E-state index in [4.69, 9.17) is 14.0 Å². The predicted molar refractivity (Wildman–Crippen MR) is 117 cm³/mol. The fourth-order valence-corrected chi connectivity index (χ4v) is 3.61. The van der Waals surface area contributed by atoms with Crippen molar-refractivity contribution in [2.75, 3.05) is 19.0 Å². The summed E-state index contributed by atoms with van der Waals surface area (Å²) in [6, 6.07) is 15.5. The normalized spacial score (nSPS) is 11.4. The highest BCUT2D eigenvalue weighted by atomic mass is 32.2. The van der Waals surface area contributed by atoms with Gasteiger partial charge in [-0.15, -0.1) is 0 Å². The molecule has 2 rings (SSSR count). The van der Waals surface area contributed by atoms with Crippen LogP contribution in [0.5, 0.6) is 11.5 Å². The van der Waals surface area contributed by atoms with Gasteiger partial charge in [0.05, 0.1) is 24.5 Å². The van der Waals surface area contributed by atoms with E-state index >= 15 is 0 Å². The van der Waals surface area contributed by atoms with E-state index in [0.29, 0.717) is 12.4 Å². The third kappa shape index (κ3) is 8.88. The molecule has 0 atom stereocenters. The Morgan fingerprint density at radius 3 is 1.97 bits per heavy atom. The van der Waals surface area contributed by atoms with Crippen LogP contribution in [0.25, 0.3) is 11.1 Å². The second-order valence-electron chi connectivity index (χ2n) is 7.10. The van der Waals surface area contributed by atoms with E-state index in [1.165, 1.54) is 25.7 Å². The summed E-state index contributed by atoms with van der Waals surface area (Å²) in [5, 5.41) is 0. The molecule has 0 aliphatic rings. The summed E-state index contributed by atoms with van der Waals surface area (Å²) in [7, 11) is -3.98. The lowest BCUT2D eigenvalue weighted by atomic mass is 10.0. The van der Waals surface area contributed by atoms with Gasteiger partial charge in [0.25, 0.3) is 10.1 Å². The van der Waals surface area contributed by atoms with Crippen molar-refractivity contribution in [3.63, 3.8) is 0 Å². The third-order valence-electron chi connectivity index (χ3n) is 4.61. The van der Waals surface area contributed by atoms with E-state index in [9.17, 15) is 8.42 Å². The molecule has 0 saturated carbocycles. The molecule has 0 saturated heterocycles. The van der Waals surface area contributed by atoms with Crippen molar-refractivity contribution in [2.45, 2.75) is 51.9 Å². The largest absolute Gasteiger partial charge is 0.493 e. The van der Waals surface area contributed by atoms with Gasteiger partial charge in [-0.25, -0.2) is 0 Å². The Bertz CT molecular complexity index is 818. The van der Waals surface area contributed by atoms with Crippen LogP contribution in [0.4, 0.5) is 0 Å². The first kappa shape index (κ1) is 23.2. The van der Waals surface area contributed by atoms with E-state index in [1.807, 2.05) is 48.5 Å². The molecule has 1 N–H and O–H groups in total. The summed E-state index contributed by atoms with van der Waals surface area (Å²) in [5.41, 5.74) is 1.85. The Kier molecular flexibility index (Phi) is 10.0. The Morgan fingerprint density at radius 1 is 0.759 bits per heavy atom. The zero-order valence-corrected chi connectivity index (χ0v) is 18.0. The minimum absolute atomic E-state index is 0.195. The number of benzene rings is 2. The Hall–Kier alpha value is -2.05. The molecule has 29 heavy (non-hydrogen) atoms. The minimum atomic E-state index is -3.98. The first-order valence-electron chi connectivity index (χ1n) is 10.4. The van der Waals surface area contributed by atoms with Gasteiger partial charge in [-0.3, -0.25) is 4.55 Å². The maximum atomic E-state index is 10.9. The molecule has 0 aromatic heterocycles. The molecular weight excluding hydrogens is 388 g/mol. The van der Waals surface area contributed by atoms with Gasteiger partial charge >= 0.3 is 0 Å². The maximum Gasteiger partial charge on any atom is 0.264 e. The predicted octanol–water partition coefficient (Wildman–Crippen LogP) is 5.75. The van der Waals surface area contributed by atoms with Gasteiger partial charge in [0, 0.05) is 0 Å². The molecule has 5 nitrogen and oxygen atoms in total. The van der Waals surface area contributed by atoms with Crippen molar-refractivity contribution in [2.24, 2.45) is 0 Å². The summed E-state index contributed by atoms with van der Waals surface area (Å²) >= 11 is 0. The van der Waals surface area contributed by atoms with Gasteiger partial charge in [0.15, 0.2) is 0 Å². The highest BCUT2D eigenvalue weighted by Gasteiger charge is 2.14. The van der Waals surface area contributed by atoms with Crippen LogP contribution in [0.1, 0.15) is 51.9 Å². The molecule has 0 spiro atoms. The van der Waals surface area contributed by atoms with Crippen molar-refractivity contribution in [1.29, 1.82) is 0 Å². The van der Waals surface area contributed by atoms with Crippen LogP contribution >= 0.6 is 0 Å². The third-order valence-corrected chi connectivity index (χ3v) is 5.41. The minimum Gasteiger partial charge on any atom is -0.493 e. The number of hydrogen-bond acceptors (Lipinski definition) is 4. The molecule has 0 bridgehead atoms. The van der Waals surface area contributed by atoms with Crippen molar-refractivity contribution < 1.29 is 22.4 Å². The van der Waals surface area contributed by atoms with E-state index in [-0.39, 0.29) is 18.8 Å². The summed E-state index contributed by atoms with van der Waals surface area (Å²) in [5.74, 6) is 1.09. The van der Waals surface area contributed by atoms with Crippen LogP contribution in [0.2, 0.25) is 0 Å². The SMILES string of the molecule is CCCCCCCCOc1cccc(OCCCS(=O)(=O)O)c1-c1ccccc1. The molecule has 2 aromatic carbocycles. The lowest BCUT2D eigenvalue weighted by Crippen LogP contribution is -2.09. The van der Waals surface area contributed by atoms with E-state index < -0.39 is 10.1 Å². The van der Waals surface area contributed by atoms with Crippen LogP contribution in [-0.2, 0) is 10.1 Å². The molecule has 0 aliphatic carbocycles. The van der Waals surface area contributed by atoms with Crippen molar-refractivity contribution in [3.8, 4) is 22.6 Å². The first-order chi connectivity index (χ1) is 14.0. The van der Waals surface area contributed by atoms with Crippen LogP contribution in [-0.4, -0.2) is 31.9 Å². The van der Waals surface area contributed by atoms with Gasteiger partial charge in [0.1, 0.15) is 11.5 Å². The number of unbranched alkanes of at least 4 members (excludes halogenated alkanes) is 5. The topological polar surface area (TPSA) is 72.8 Å². The lowest BCUT2D eigenvalue weighted by molar-refractivity contribution is 0.296. The Balaban J connectivity index is 2.04. The van der Waals surface area contributed by atoms with Gasteiger partial charge in [-0.2, -0.15) is 8.42 Å². The maximum absolute atomic E-state index is 10.9. The van der Waals surface area contributed by atoms with Crippen molar-refractivity contribution >= 4 is 10.1 Å². The fraction of sp³-hybridized carbons (Fsp3) is 0.478. The molecule has 0 radical (unpaired) electrons.